The zero-order valence-corrected chi connectivity index (χ0v) is 12.3. The predicted octanol–water partition coefficient (Wildman–Crippen LogP) is -7.39. The third-order valence-corrected chi connectivity index (χ3v) is 2.03. The van der Waals surface area contributed by atoms with Crippen molar-refractivity contribution in [2.75, 3.05) is 12.8 Å². The SMILES string of the molecule is O=C1CCCN1CP([O-])[O-].[Na+].[Na+]. The summed E-state index contributed by atoms with van der Waals surface area (Å²) in [6, 6.07) is 0. The fourth-order valence-electron chi connectivity index (χ4n) is 0.993. The average molecular weight is 207 g/mol. The van der Waals surface area contributed by atoms with E-state index in [1.54, 1.807) is 0 Å². The van der Waals surface area contributed by atoms with Crippen LogP contribution in [0.3, 0.4) is 0 Å². The Morgan fingerprint density at radius 1 is 1.42 bits per heavy atom. The maximum atomic E-state index is 10.8. The first-order valence-corrected chi connectivity index (χ1v) is 4.46. The van der Waals surface area contributed by atoms with E-state index in [1.807, 2.05) is 0 Å². The van der Waals surface area contributed by atoms with Gasteiger partial charge in [-0.15, -0.1) is 0 Å². The summed E-state index contributed by atoms with van der Waals surface area (Å²) in [5.74, 6) is -0.0424. The molecule has 58 valence electrons. The van der Waals surface area contributed by atoms with E-state index in [4.69, 9.17) is 0 Å². The standard InChI is InChI=1S/C5H8NO3P.2Na/c7-5-2-1-3-6(5)4-10(8)9;;/h1-4H2;;/q-2;2*+1. The smallest absolute Gasteiger partial charge is 0.840 e. The molecule has 0 aromatic heterocycles. The maximum Gasteiger partial charge on any atom is 1.00 e. The number of carbonyl (C=O) groups is 1. The van der Waals surface area contributed by atoms with Crippen molar-refractivity contribution in [3.8, 4) is 0 Å². The number of nitrogens with zero attached hydrogens (tertiary/aromatic N) is 1. The second-order valence-corrected chi connectivity index (χ2v) is 3.18. The van der Waals surface area contributed by atoms with Crippen LogP contribution < -0.4 is 68.9 Å². The number of rotatable bonds is 2. The molecule has 1 aliphatic rings. The quantitative estimate of drug-likeness (QED) is 0.333. The fourth-order valence-corrected chi connectivity index (χ4v) is 1.57. The molecule has 1 aliphatic heterocycles. The van der Waals surface area contributed by atoms with Crippen LogP contribution in [-0.2, 0) is 4.79 Å². The Morgan fingerprint density at radius 3 is 2.33 bits per heavy atom. The number of amides is 1. The third-order valence-electron chi connectivity index (χ3n) is 1.46. The zero-order valence-electron chi connectivity index (χ0n) is 7.45. The second kappa shape index (κ2) is 8.16. The van der Waals surface area contributed by atoms with Crippen LogP contribution in [0.4, 0.5) is 0 Å². The van der Waals surface area contributed by atoms with Gasteiger partial charge >= 0.3 is 59.1 Å². The number of likely N-dealkylation sites (tertiary alicyclic amines) is 1. The summed E-state index contributed by atoms with van der Waals surface area (Å²) in [4.78, 5) is 32.4. The van der Waals surface area contributed by atoms with Crippen LogP contribution in [0, 0.1) is 0 Å². The number of hydrogen-bond acceptors (Lipinski definition) is 3. The van der Waals surface area contributed by atoms with Gasteiger partial charge in [-0.05, 0) is 6.42 Å². The molecule has 0 aliphatic carbocycles. The molecule has 0 aromatic rings. The molecule has 0 N–H and O–H groups in total. The molecule has 1 rings (SSSR count). The van der Waals surface area contributed by atoms with Gasteiger partial charge in [0.25, 0.3) is 0 Å². The molecule has 12 heavy (non-hydrogen) atoms. The van der Waals surface area contributed by atoms with Gasteiger partial charge in [0.15, 0.2) is 0 Å². The molecule has 1 saturated heterocycles. The van der Waals surface area contributed by atoms with Crippen LogP contribution in [0.1, 0.15) is 12.8 Å². The van der Waals surface area contributed by atoms with Crippen molar-refractivity contribution in [2.45, 2.75) is 12.8 Å². The zero-order chi connectivity index (χ0) is 7.56. The molecule has 0 bridgehead atoms. The van der Waals surface area contributed by atoms with Crippen LogP contribution >= 0.6 is 8.38 Å². The van der Waals surface area contributed by atoms with Crippen molar-refractivity contribution < 1.29 is 73.7 Å². The monoisotopic (exact) mass is 207 g/mol. The summed E-state index contributed by atoms with van der Waals surface area (Å²) in [5, 5.41) is 0. The number of hydrogen-bond donors (Lipinski definition) is 0. The second-order valence-electron chi connectivity index (χ2n) is 2.23. The Labute approximate surface area is 117 Å². The van der Waals surface area contributed by atoms with Crippen molar-refractivity contribution in [2.24, 2.45) is 0 Å². The molecule has 0 saturated carbocycles. The first kappa shape index (κ1) is 16.3. The summed E-state index contributed by atoms with van der Waals surface area (Å²) in [6.45, 7) is 0.599. The van der Waals surface area contributed by atoms with E-state index in [0.29, 0.717) is 13.0 Å². The summed E-state index contributed by atoms with van der Waals surface area (Å²) in [5.41, 5.74) is 0. The van der Waals surface area contributed by atoms with E-state index >= 15 is 0 Å². The molecule has 4 nitrogen and oxygen atoms in total. The fraction of sp³-hybridized carbons (Fsp3) is 0.800. The molecule has 0 unspecified atom stereocenters. The minimum Gasteiger partial charge on any atom is -0.840 e. The summed E-state index contributed by atoms with van der Waals surface area (Å²) >= 11 is 0. The van der Waals surface area contributed by atoms with Crippen LogP contribution in [-0.4, -0.2) is 23.6 Å². The predicted molar refractivity (Wildman–Crippen MR) is 32.7 cm³/mol. The summed E-state index contributed by atoms with van der Waals surface area (Å²) < 4.78 is 0. The van der Waals surface area contributed by atoms with Crippen molar-refractivity contribution in [1.29, 1.82) is 0 Å². The van der Waals surface area contributed by atoms with E-state index in [-0.39, 0.29) is 71.3 Å². The van der Waals surface area contributed by atoms with Gasteiger partial charge in [0, 0.05) is 19.3 Å². The van der Waals surface area contributed by atoms with Gasteiger partial charge in [0.1, 0.15) is 0 Å². The van der Waals surface area contributed by atoms with Gasteiger partial charge in [-0.2, -0.15) is 0 Å². The Balaban J connectivity index is 0. The van der Waals surface area contributed by atoms with E-state index in [2.05, 4.69) is 0 Å². The normalized spacial score (nSPS) is 15.9. The minimum atomic E-state index is -2.43. The summed E-state index contributed by atoms with van der Waals surface area (Å²) in [7, 11) is -2.43. The largest absolute Gasteiger partial charge is 1.00 e. The molecular formula is C5H8NNa2O3P. The van der Waals surface area contributed by atoms with E-state index in [0.717, 1.165) is 6.42 Å². The number of carbonyl (C=O) groups excluding carboxylic acids is 1. The first-order valence-electron chi connectivity index (χ1n) is 3.10. The van der Waals surface area contributed by atoms with Gasteiger partial charge in [-0.3, -0.25) is 13.2 Å². The molecule has 0 aromatic carbocycles. The Hall–Kier alpha value is 1.82. The van der Waals surface area contributed by atoms with Gasteiger partial charge < -0.3 is 14.7 Å². The van der Waals surface area contributed by atoms with Gasteiger partial charge in [0.2, 0.25) is 5.91 Å². The van der Waals surface area contributed by atoms with E-state index in [1.165, 1.54) is 4.90 Å². The first-order chi connectivity index (χ1) is 4.70. The molecule has 7 heteroatoms. The maximum absolute atomic E-state index is 10.8. The Morgan fingerprint density at radius 2 is 2.00 bits per heavy atom. The average Bonchev–Trinajstić information content (AvgIpc) is 2.15. The molecule has 0 atom stereocenters. The van der Waals surface area contributed by atoms with Gasteiger partial charge in [-0.25, -0.2) is 0 Å². The van der Waals surface area contributed by atoms with Crippen LogP contribution in [0.2, 0.25) is 0 Å². The molecule has 0 radical (unpaired) electrons. The molecule has 1 amide bonds. The van der Waals surface area contributed by atoms with Crippen LogP contribution in [0.15, 0.2) is 0 Å². The molecule has 0 spiro atoms. The van der Waals surface area contributed by atoms with Crippen LogP contribution in [0.5, 0.6) is 0 Å². The van der Waals surface area contributed by atoms with E-state index < -0.39 is 8.38 Å². The summed E-state index contributed by atoms with van der Waals surface area (Å²) in [6.07, 6.45) is 1.19. The van der Waals surface area contributed by atoms with Crippen molar-refractivity contribution in [1.82, 2.24) is 4.90 Å². The van der Waals surface area contributed by atoms with Gasteiger partial charge in [0.05, 0.1) is 0 Å². The van der Waals surface area contributed by atoms with Gasteiger partial charge in [-0.1, -0.05) is 0 Å². The van der Waals surface area contributed by atoms with Crippen molar-refractivity contribution in [3.05, 3.63) is 0 Å². The Kier molecular flexibility index (Phi) is 11.0. The Bertz CT molecular complexity index is 147. The van der Waals surface area contributed by atoms with Crippen molar-refractivity contribution in [3.63, 3.8) is 0 Å². The minimum absolute atomic E-state index is 0. The third kappa shape index (κ3) is 5.53. The van der Waals surface area contributed by atoms with Crippen molar-refractivity contribution >= 4 is 14.3 Å². The topological polar surface area (TPSA) is 66.4 Å². The molecule has 1 fully saturated rings. The molecule has 1 heterocycles. The molecular weight excluding hydrogens is 199 g/mol. The van der Waals surface area contributed by atoms with E-state index in [9.17, 15) is 14.6 Å². The van der Waals surface area contributed by atoms with Crippen LogP contribution in [0.25, 0.3) is 0 Å².